The van der Waals surface area contributed by atoms with Gasteiger partial charge in [-0.25, -0.2) is 0 Å². The van der Waals surface area contributed by atoms with Gasteiger partial charge in [-0.1, -0.05) is 0 Å². The van der Waals surface area contributed by atoms with Crippen molar-refractivity contribution in [2.75, 3.05) is 32.1 Å². The topological polar surface area (TPSA) is 41.6 Å². The number of amides is 1. The Bertz CT molecular complexity index is 404. The highest BCUT2D eigenvalue weighted by Gasteiger charge is 2.24. The van der Waals surface area contributed by atoms with Crippen LogP contribution in [0, 0.1) is 0 Å². The van der Waals surface area contributed by atoms with Gasteiger partial charge in [-0.3, -0.25) is 4.79 Å². The maximum Gasteiger partial charge on any atom is 0.240 e. The Morgan fingerprint density at radius 3 is 3.06 bits per heavy atom. The fourth-order valence-corrected chi connectivity index (χ4v) is 2.01. The molecule has 1 aromatic rings. The van der Waals surface area contributed by atoms with Crippen LogP contribution in [-0.2, 0) is 11.2 Å². The molecule has 0 aliphatic carbocycles. The Labute approximate surface area is 95.2 Å². The highest BCUT2D eigenvalue weighted by Crippen LogP contribution is 2.31. The molecular formula is C12H16N2O2. The van der Waals surface area contributed by atoms with Crippen molar-refractivity contribution in [3.63, 3.8) is 0 Å². The van der Waals surface area contributed by atoms with Gasteiger partial charge in [-0.05, 0) is 37.2 Å². The van der Waals surface area contributed by atoms with E-state index in [1.807, 2.05) is 23.1 Å². The summed E-state index contributed by atoms with van der Waals surface area (Å²) in [5, 5.41) is 2.88. The lowest BCUT2D eigenvalue weighted by Gasteiger charge is -2.17. The van der Waals surface area contributed by atoms with Crippen molar-refractivity contribution >= 4 is 11.6 Å². The lowest BCUT2D eigenvalue weighted by Crippen LogP contribution is -2.35. The first-order valence-corrected chi connectivity index (χ1v) is 5.38. The van der Waals surface area contributed by atoms with Crippen LogP contribution in [0.3, 0.4) is 0 Å². The largest absolute Gasteiger partial charge is 0.497 e. The number of carbonyl (C=O) groups excluding carboxylic acids is 1. The lowest BCUT2D eigenvalue weighted by atomic mass is 10.1. The summed E-state index contributed by atoms with van der Waals surface area (Å²) in [5.41, 5.74) is 2.20. The zero-order valence-electron chi connectivity index (χ0n) is 9.62. The maximum absolute atomic E-state index is 11.8. The van der Waals surface area contributed by atoms with E-state index in [0.29, 0.717) is 6.54 Å². The van der Waals surface area contributed by atoms with Gasteiger partial charge in [-0.2, -0.15) is 0 Å². The van der Waals surface area contributed by atoms with Crippen LogP contribution in [0.4, 0.5) is 5.69 Å². The van der Waals surface area contributed by atoms with Gasteiger partial charge in [0.15, 0.2) is 0 Å². The van der Waals surface area contributed by atoms with Crippen molar-refractivity contribution in [1.82, 2.24) is 5.32 Å². The highest BCUT2D eigenvalue weighted by atomic mass is 16.5. The second-order valence-electron chi connectivity index (χ2n) is 3.82. The zero-order chi connectivity index (χ0) is 11.5. The molecule has 0 spiro atoms. The van der Waals surface area contributed by atoms with Gasteiger partial charge in [-0.15, -0.1) is 0 Å². The Morgan fingerprint density at radius 2 is 2.38 bits per heavy atom. The molecule has 1 aliphatic heterocycles. The Morgan fingerprint density at radius 1 is 1.56 bits per heavy atom. The lowest BCUT2D eigenvalue weighted by molar-refractivity contribution is -0.117. The number of nitrogens with one attached hydrogen (secondary N) is 1. The molecule has 16 heavy (non-hydrogen) atoms. The van der Waals surface area contributed by atoms with E-state index >= 15 is 0 Å². The normalized spacial score (nSPS) is 13.8. The van der Waals surface area contributed by atoms with Gasteiger partial charge in [0.05, 0.1) is 13.7 Å². The second kappa shape index (κ2) is 4.53. The average Bonchev–Trinajstić information content (AvgIpc) is 2.71. The molecule has 0 atom stereocenters. The summed E-state index contributed by atoms with van der Waals surface area (Å²) >= 11 is 0. The number of benzene rings is 1. The summed E-state index contributed by atoms with van der Waals surface area (Å²) in [4.78, 5) is 13.6. The van der Waals surface area contributed by atoms with E-state index in [9.17, 15) is 4.79 Å². The van der Waals surface area contributed by atoms with Crippen LogP contribution < -0.4 is 15.0 Å². The first-order valence-electron chi connectivity index (χ1n) is 5.38. The number of rotatable bonds is 3. The molecule has 0 unspecified atom stereocenters. The van der Waals surface area contributed by atoms with Gasteiger partial charge < -0.3 is 15.0 Å². The Hall–Kier alpha value is -1.55. The number of methoxy groups -OCH3 is 1. The van der Waals surface area contributed by atoms with Crippen molar-refractivity contribution < 1.29 is 9.53 Å². The van der Waals surface area contributed by atoms with E-state index < -0.39 is 0 Å². The summed E-state index contributed by atoms with van der Waals surface area (Å²) in [5.74, 6) is 0.966. The highest BCUT2D eigenvalue weighted by molar-refractivity contribution is 5.96. The number of nitrogens with zero attached hydrogens (tertiary/aromatic N) is 1. The van der Waals surface area contributed by atoms with Crippen LogP contribution in [-0.4, -0.2) is 33.2 Å². The van der Waals surface area contributed by atoms with E-state index in [-0.39, 0.29) is 5.91 Å². The third-order valence-electron chi connectivity index (χ3n) is 2.81. The molecule has 1 heterocycles. The predicted octanol–water partition coefficient (Wildman–Crippen LogP) is 0.804. The van der Waals surface area contributed by atoms with Gasteiger partial charge in [0.2, 0.25) is 5.91 Å². The zero-order valence-corrected chi connectivity index (χ0v) is 9.62. The van der Waals surface area contributed by atoms with E-state index in [0.717, 1.165) is 24.4 Å². The third-order valence-corrected chi connectivity index (χ3v) is 2.81. The van der Waals surface area contributed by atoms with Gasteiger partial charge in [0.25, 0.3) is 0 Å². The molecule has 0 radical (unpaired) electrons. The number of fused-ring (bicyclic) bond motifs is 1. The summed E-state index contributed by atoms with van der Waals surface area (Å²) in [6, 6.07) is 5.85. The molecule has 1 aromatic carbocycles. The minimum absolute atomic E-state index is 0.117. The van der Waals surface area contributed by atoms with Crippen molar-refractivity contribution in [2.45, 2.75) is 6.42 Å². The van der Waals surface area contributed by atoms with E-state index in [1.54, 1.807) is 14.2 Å². The predicted molar refractivity (Wildman–Crippen MR) is 63.0 cm³/mol. The van der Waals surface area contributed by atoms with Crippen molar-refractivity contribution in [3.8, 4) is 5.75 Å². The van der Waals surface area contributed by atoms with Crippen LogP contribution >= 0.6 is 0 Å². The van der Waals surface area contributed by atoms with Crippen LogP contribution in [0.1, 0.15) is 5.56 Å². The number of ether oxygens (including phenoxy) is 1. The molecule has 1 aliphatic rings. The number of anilines is 1. The number of hydrogen-bond acceptors (Lipinski definition) is 3. The van der Waals surface area contributed by atoms with Gasteiger partial charge in [0, 0.05) is 12.2 Å². The molecule has 2 rings (SSSR count). The monoisotopic (exact) mass is 220 g/mol. The maximum atomic E-state index is 11.8. The smallest absolute Gasteiger partial charge is 0.240 e. The third kappa shape index (κ3) is 1.88. The molecule has 0 saturated heterocycles. The van der Waals surface area contributed by atoms with Gasteiger partial charge in [0.1, 0.15) is 5.75 Å². The van der Waals surface area contributed by atoms with Crippen LogP contribution in [0.25, 0.3) is 0 Å². The minimum Gasteiger partial charge on any atom is -0.497 e. The van der Waals surface area contributed by atoms with E-state index in [4.69, 9.17) is 4.74 Å². The fraction of sp³-hybridized carbons (Fsp3) is 0.417. The van der Waals surface area contributed by atoms with Crippen LogP contribution in [0.15, 0.2) is 18.2 Å². The molecule has 0 fully saturated rings. The molecule has 0 aromatic heterocycles. The average molecular weight is 220 g/mol. The molecule has 1 N–H and O–H groups in total. The van der Waals surface area contributed by atoms with Crippen molar-refractivity contribution in [3.05, 3.63) is 23.8 Å². The quantitative estimate of drug-likeness (QED) is 0.819. The van der Waals surface area contributed by atoms with Gasteiger partial charge >= 0.3 is 0 Å². The Kier molecular flexibility index (Phi) is 3.10. The molecule has 4 nitrogen and oxygen atoms in total. The number of carbonyl (C=O) groups is 1. The van der Waals surface area contributed by atoms with Crippen LogP contribution in [0.2, 0.25) is 0 Å². The standard InChI is InChI=1S/C12H16N2O2/c1-13-8-12(15)14-6-5-9-7-10(16-2)3-4-11(9)14/h3-4,7,13H,5-6,8H2,1-2H3. The molecule has 86 valence electrons. The van der Waals surface area contributed by atoms with Crippen LogP contribution in [0.5, 0.6) is 5.75 Å². The molecule has 0 saturated carbocycles. The van der Waals surface area contributed by atoms with Crippen molar-refractivity contribution in [1.29, 1.82) is 0 Å². The van der Waals surface area contributed by atoms with Crippen molar-refractivity contribution in [2.24, 2.45) is 0 Å². The van der Waals surface area contributed by atoms with E-state index in [2.05, 4.69) is 5.32 Å². The second-order valence-corrected chi connectivity index (χ2v) is 3.82. The fourth-order valence-electron chi connectivity index (χ4n) is 2.01. The summed E-state index contributed by atoms with van der Waals surface area (Å²) in [6.45, 7) is 1.15. The molecule has 1 amide bonds. The SMILES string of the molecule is CNCC(=O)N1CCc2cc(OC)ccc21. The number of likely N-dealkylation sites (N-methyl/N-ethyl adjacent to an activating group) is 1. The summed E-state index contributed by atoms with van der Waals surface area (Å²) in [7, 11) is 3.43. The molecular weight excluding hydrogens is 204 g/mol. The molecule has 4 heteroatoms. The number of hydrogen-bond donors (Lipinski definition) is 1. The summed E-state index contributed by atoms with van der Waals surface area (Å²) < 4.78 is 5.17. The minimum atomic E-state index is 0.117. The summed E-state index contributed by atoms with van der Waals surface area (Å²) in [6.07, 6.45) is 0.905. The Balaban J connectivity index is 2.23. The molecule has 0 bridgehead atoms. The first-order chi connectivity index (χ1) is 7.76. The van der Waals surface area contributed by atoms with E-state index in [1.165, 1.54) is 5.56 Å². The first kappa shape index (κ1) is 11.0.